The van der Waals surface area contributed by atoms with Crippen molar-refractivity contribution in [3.63, 3.8) is 0 Å². The Morgan fingerprint density at radius 1 is 1.11 bits per heavy atom. The maximum absolute atomic E-state index is 6.29. The molecule has 0 saturated heterocycles. The van der Waals surface area contributed by atoms with Gasteiger partial charge in [0.25, 0.3) is 0 Å². The highest BCUT2D eigenvalue weighted by atomic mass is 16.5. The Hall–Kier alpha value is -1.02. The molecule has 0 spiro atoms. The van der Waals surface area contributed by atoms with Crippen molar-refractivity contribution in [3.8, 4) is 5.75 Å². The Balaban J connectivity index is 2.39. The second-order valence-corrected chi connectivity index (χ2v) is 5.75. The third kappa shape index (κ3) is 2.64. The van der Waals surface area contributed by atoms with E-state index < -0.39 is 0 Å². The van der Waals surface area contributed by atoms with E-state index in [2.05, 4.69) is 46.0 Å². The van der Waals surface area contributed by atoms with Gasteiger partial charge < -0.3 is 10.1 Å². The third-order valence-corrected chi connectivity index (χ3v) is 4.17. The first-order valence-electron chi connectivity index (χ1n) is 7.60. The molecule has 0 bridgehead atoms. The van der Waals surface area contributed by atoms with Crippen molar-refractivity contribution in [1.82, 2.24) is 5.32 Å². The van der Waals surface area contributed by atoms with Crippen LogP contribution in [0, 0.1) is 20.8 Å². The molecule has 0 radical (unpaired) electrons. The summed E-state index contributed by atoms with van der Waals surface area (Å²) in [6.45, 7) is 12.1. The molecule has 0 amide bonds. The summed E-state index contributed by atoms with van der Waals surface area (Å²) in [5.74, 6) is 1.14. The molecule has 2 atom stereocenters. The second kappa shape index (κ2) is 5.96. The maximum atomic E-state index is 6.29. The molecule has 0 aliphatic carbocycles. The van der Waals surface area contributed by atoms with Crippen molar-refractivity contribution in [2.75, 3.05) is 6.54 Å². The first-order valence-corrected chi connectivity index (χ1v) is 7.60. The highest BCUT2D eigenvalue weighted by Gasteiger charge is 2.35. The molecular formula is C17H27NO. The quantitative estimate of drug-likeness (QED) is 0.857. The van der Waals surface area contributed by atoms with E-state index in [0.29, 0.717) is 12.1 Å². The summed E-state index contributed by atoms with van der Waals surface area (Å²) < 4.78 is 6.29. The van der Waals surface area contributed by atoms with Crippen LogP contribution >= 0.6 is 0 Å². The summed E-state index contributed by atoms with van der Waals surface area (Å²) in [6, 6.07) is 2.67. The minimum absolute atomic E-state index is 0.297. The largest absolute Gasteiger partial charge is 0.488 e. The Morgan fingerprint density at radius 3 is 2.47 bits per heavy atom. The number of nitrogens with one attached hydrogen (secondary N) is 1. The van der Waals surface area contributed by atoms with Gasteiger partial charge in [0.15, 0.2) is 0 Å². The molecule has 2 heteroatoms. The van der Waals surface area contributed by atoms with Crippen molar-refractivity contribution in [1.29, 1.82) is 0 Å². The van der Waals surface area contributed by atoms with Gasteiger partial charge in [-0.2, -0.15) is 0 Å². The van der Waals surface area contributed by atoms with Gasteiger partial charge in [0.2, 0.25) is 0 Å². The van der Waals surface area contributed by atoms with Gasteiger partial charge in [0.05, 0.1) is 6.04 Å². The minimum atomic E-state index is 0.297. The number of aryl methyl sites for hydroxylation is 2. The van der Waals surface area contributed by atoms with Crippen LogP contribution in [0.1, 0.15) is 61.4 Å². The molecule has 1 heterocycles. The number of hydrogen-bond donors (Lipinski definition) is 1. The molecule has 19 heavy (non-hydrogen) atoms. The summed E-state index contributed by atoms with van der Waals surface area (Å²) in [4.78, 5) is 0. The molecule has 0 aromatic heterocycles. The van der Waals surface area contributed by atoms with Crippen LogP contribution in [0.4, 0.5) is 0 Å². The molecule has 1 aliphatic heterocycles. The van der Waals surface area contributed by atoms with Crippen LogP contribution in [0.5, 0.6) is 5.75 Å². The Labute approximate surface area is 117 Å². The fraction of sp³-hybridized carbons (Fsp3) is 0.647. The first-order chi connectivity index (χ1) is 9.10. The molecule has 1 N–H and O–H groups in total. The molecular weight excluding hydrogens is 234 g/mol. The van der Waals surface area contributed by atoms with E-state index >= 15 is 0 Å². The lowest BCUT2D eigenvalue weighted by atomic mass is 9.93. The molecule has 0 saturated carbocycles. The van der Waals surface area contributed by atoms with Gasteiger partial charge in [-0.25, -0.2) is 0 Å². The molecule has 2 unspecified atom stereocenters. The monoisotopic (exact) mass is 261 g/mol. The van der Waals surface area contributed by atoms with Crippen molar-refractivity contribution in [2.24, 2.45) is 0 Å². The Kier molecular flexibility index (Phi) is 4.51. The highest BCUT2D eigenvalue weighted by molar-refractivity contribution is 5.54. The number of hydrogen-bond acceptors (Lipinski definition) is 2. The van der Waals surface area contributed by atoms with Crippen molar-refractivity contribution in [2.45, 2.75) is 66.0 Å². The topological polar surface area (TPSA) is 21.3 Å². The van der Waals surface area contributed by atoms with Crippen molar-refractivity contribution < 1.29 is 4.74 Å². The van der Waals surface area contributed by atoms with E-state index in [-0.39, 0.29) is 0 Å². The molecule has 2 nitrogen and oxygen atoms in total. The predicted octanol–water partition coefficient (Wildman–Crippen LogP) is 4.21. The molecule has 1 aromatic rings. The van der Waals surface area contributed by atoms with Crippen LogP contribution in [0.3, 0.4) is 0 Å². The second-order valence-electron chi connectivity index (χ2n) is 5.75. The van der Waals surface area contributed by atoms with E-state index in [0.717, 1.165) is 25.1 Å². The van der Waals surface area contributed by atoms with Gasteiger partial charge in [0.1, 0.15) is 11.9 Å². The molecule has 1 aromatic carbocycles. The predicted molar refractivity (Wildman–Crippen MR) is 81.0 cm³/mol. The standard InChI is InChI=1S/C17H27NO/c1-6-8-14-16(18-9-7-2)15-12(4)10-11(3)13(5)17(15)19-14/h10,14,16,18H,6-9H2,1-5H3. The van der Waals surface area contributed by atoms with Gasteiger partial charge in [0, 0.05) is 5.56 Å². The van der Waals surface area contributed by atoms with E-state index in [9.17, 15) is 0 Å². The lowest BCUT2D eigenvalue weighted by Crippen LogP contribution is -2.31. The van der Waals surface area contributed by atoms with Crippen LogP contribution in [0.15, 0.2) is 6.07 Å². The third-order valence-electron chi connectivity index (χ3n) is 4.17. The number of fused-ring (bicyclic) bond motifs is 1. The van der Waals surface area contributed by atoms with Gasteiger partial charge in [-0.3, -0.25) is 0 Å². The zero-order chi connectivity index (χ0) is 14.0. The molecule has 1 aliphatic rings. The maximum Gasteiger partial charge on any atom is 0.128 e. The Bertz CT molecular complexity index is 453. The van der Waals surface area contributed by atoms with Gasteiger partial charge >= 0.3 is 0 Å². The van der Waals surface area contributed by atoms with Gasteiger partial charge in [-0.15, -0.1) is 0 Å². The van der Waals surface area contributed by atoms with E-state index in [1.54, 1.807) is 0 Å². The fourth-order valence-electron chi connectivity index (χ4n) is 3.06. The zero-order valence-corrected chi connectivity index (χ0v) is 13.0. The average Bonchev–Trinajstić information content (AvgIpc) is 2.73. The number of rotatable bonds is 5. The van der Waals surface area contributed by atoms with Gasteiger partial charge in [-0.05, 0) is 56.8 Å². The summed E-state index contributed by atoms with van der Waals surface area (Å²) in [5.41, 5.74) is 5.41. The first kappa shape index (κ1) is 14.4. The lowest BCUT2D eigenvalue weighted by Gasteiger charge is -2.20. The number of benzene rings is 1. The smallest absolute Gasteiger partial charge is 0.128 e. The zero-order valence-electron chi connectivity index (χ0n) is 13.0. The van der Waals surface area contributed by atoms with Crippen LogP contribution < -0.4 is 10.1 Å². The summed E-state index contributed by atoms with van der Waals surface area (Å²) >= 11 is 0. The van der Waals surface area contributed by atoms with Crippen molar-refractivity contribution >= 4 is 0 Å². The normalized spacial score (nSPS) is 21.3. The van der Waals surface area contributed by atoms with Gasteiger partial charge in [-0.1, -0.05) is 26.3 Å². The SMILES string of the molecule is CCCNC1c2c(C)cc(C)c(C)c2OC1CCC. The molecule has 106 valence electrons. The van der Waals surface area contributed by atoms with E-state index in [1.165, 1.54) is 28.7 Å². The van der Waals surface area contributed by atoms with E-state index in [4.69, 9.17) is 4.74 Å². The average molecular weight is 261 g/mol. The molecule has 0 fully saturated rings. The van der Waals surface area contributed by atoms with Crippen LogP contribution in [-0.2, 0) is 0 Å². The van der Waals surface area contributed by atoms with Crippen LogP contribution in [0.25, 0.3) is 0 Å². The summed E-state index contributed by atoms with van der Waals surface area (Å²) in [7, 11) is 0. The highest BCUT2D eigenvalue weighted by Crippen LogP contribution is 2.43. The van der Waals surface area contributed by atoms with E-state index in [1.807, 2.05) is 0 Å². The van der Waals surface area contributed by atoms with Crippen molar-refractivity contribution in [3.05, 3.63) is 28.3 Å². The van der Waals surface area contributed by atoms with Crippen LogP contribution in [0.2, 0.25) is 0 Å². The minimum Gasteiger partial charge on any atom is -0.488 e. The number of ether oxygens (including phenoxy) is 1. The van der Waals surface area contributed by atoms with Crippen LogP contribution in [-0.4, -0.2) is 12.6 Å². The Morgan fingerprint density at radius 2 is 1.84 bits per heavy atom. The summed E-state index contributed by atoms with van der Waals surface area (Å²) in [6.07, 6.45) is 3.74. The fourth-order valence-corrected chi connectivity index (χ4v) is 3.06. The molecule has 2 rings (SSSR count). The summed E-state index contributed by atoms with van der Waals surface area (Å²) in [5, 5.41) is 3.68. The lowest BCUT2D eigenvalue weighted by molar-refractivity contribution is 0.177.